The minimum atomic E-state index is -4.76. The van der Waals surface area contributed by atoms with Crippen LogP contribution in [-0.4, -0.2) is 59.9 Å². The third-order valence-corrected chi connectivity index (χ3v) is 9.66. The molecule has 0 aliphatic carbocycles. The molecule has 12 heteroatoms. The summed E-state index contributed by atoms with van der Waals surface area (Å²) in [5.41, 5.74) is 5.33. The van der Waals surface area contributed by atoms with Gasteiger partial charge in [-0.15, -0.1) is 0 Å². The Hall–Kier alpha value is -4.12. The standard InChI is InChI=1S/C50H78NO10P/c1-3-5-7-9-11-13-15-17-19-21-23-25-27-29-31-33-35-37-39-41-48(52)58-43-46(44-59-62(56,57)60-45-47(51)50(54)55)61-49(53)42-40-38-36-34-32-30-28-26-24-22-20-18-16-14-12-10-8-6-4-2/h6,8,11-14,17-20,23-26,29-32,36,38,46-47H,3-5,7,9-10,15-16,21-22,27-28,33-35,37,39-45,51H2,1-2H3,(H,54,55)(H,56,57)/b8-6+,13-11+,14-12+,19-17+,20-18+,25-23+,26-24+,31-29+,32-30+,38-36+/t46-,47+/m1/s1. The van der Waals surface area contributed by atoms with E-state index in [0.29, 0.717) is 19.3 Å². The van der Waals surface area contributed by atoms with Crippen molar-refractivity contribution in [1.29, 1.82) is 0 Å². The van der Waals surface area contributed by atoms with Gasteiger partial charge in [0.05, 0.1) is 13.2 Å². The maximum absolute atomic E-state index is 12.6. The van der Waals surface area contributed by atoms with Gasteiger partial charge in [0.2, 0.25) is 0 Å². The molecule has 0 aromatic carbocycles. The molecule has 3 atom stereocenters. The number of allylic oxidation sites excluding steroid dienone is 20. The Balaban J connectivity index is 4.56. The summed E-state index contributed by atoms with van der Waals surface area (Å²) in [6, 6.07) is -1.55. The summed E-state index contributed by atoms with van der Waals surface area (Å²) >= 11 is 0. The minimum absolute atomic E-state index is 0.0206. The second-order valence-electron chi connectivity index (χ2n) is 14.4. The van der Waals surface area contributed by atoms with Crippen LogP contribution in [0.5, 0.6) is 0 Å². The molecule has 0 amide bonds. The Kier molecular flexibility index (Phi) is 40.6. The first-order valence-corrected chi connectivity index (χ1v) is 24.1. The lowest BCUT2D eigenvalue weighted by atomic mass is 10.1. The number of rotatable bonds is 40. The van der Waals surface area contributed by atoms with E-state index < -0.39 is 57.7 Å². The predicted molar refractivity (Wildman–Crippen MR) is 253 cm³/mol. The van der Waals surface area contributed by atoms with Gasteiger partial charge < -0.3 is 25.2 Å². The number of hydrogen-bond donors (Lipinski definition) is 3. The summed E-state index contributed by atoms with van der Waals surface area (Å²) in [6.07, 6.45) is 58.5. The Bertz CT molecular complexity index is 1500. The summed E-state index contributed by atoms with van der Waals surface area (Å²) in [6.45, 7) is 2.53. The first-order chi connectivity index (χ1) is 30.1. The Labute approximate surface area is 373 Å². The minimum Gasteiger partial charge on any atom is -0.480 e. The van der Waals surface area contributed by atoms with Gasteiger partial charge >= 0.3 is 25.7 Å². The fraction of sp³-hybridized carbons (Fsp3) is 0.540. The van der Waals surface area contributed by atoms with Crippen molar-refractivity contribution in [2.45, 2.75) is 154 Å². The lowest BCUT2D eigenvalue weighted by Crippen LogP contribution is -2.34. The largest absolute Gasteiger partial charge is 0.480 e. The molecule has 0 aromatic heterocycles. The quantitative estimate of drug-likeness (QED) is 0.0231. The van der Waals surface area contributed by atoms with Gasteiger partial charge in [-0.2, -0.15) is 0 Å². The molecule has 0 saturated carbocycles. The number of unbranched alkanes of at least 4 members (excludes halogenated alkanes) is 6. The summed E-state index contributed by atoms with van der Waals surface area (Å²) in [4.78, 5) is 46.0. The summed E-state index contributed by atoms with van der Waals surface area (Å²) < 4.78 is 32.6. The van der Waals surface area contributed by atoms with E-state index in [1.165, 1.54) is 25.7 Å². The number of phosphoric acid groups is 1. The van der Waals surface area contributed by atoms with E-state index in [4.69, 9.17) is 24.8 Å². The van der Waals surface area contributed by atoms with Crippen LogP contribution in [0.2, 0.25) is 0 Å². The highest BCUT2D eigenvalue weighted by Gasteiger charge is 2.28. The predicted octanol–water partition coefficient (Wildman–Crippen LogP) is 12.4. The molecule has 0 aliphatic rings. The molecule has 0 radical (unpaired) electrons. The van der Waals surface area contributed by atoms with Crippen LogP contribution in [-0.2, 0) is 37.5 Å². The number of carbonyl (C=O) groups is 3. The number of aliphatic carboxylic acids is 1. The Morgan fingerprint density at radius 3 is 1.39 bits per heavy atom. The monoisotopic (exact) mass is 884 g/mol. The molecule has 0 aromatic rings. The van der Waals surface area contributed by atoms with Gasteiger partial charge in [-0.05, 0) is 96.3 Å². The molecule has 0 fully saturated rings. The normalized spacial score (nSPS) is 14.8. The number of ether oxygens (including phenoxy) is 2. The van der Waals surface area contributed by atoms with Crippen molar-refractivity contribution in [2.24, 2.45) is 5.73 Å². The van der Waals surface area contributed by atoms with E-state index in [-0.39, 0.29) is 12.8 Å². The van der Waals surface area contributed by atoms with Crippen molar-refractivity contribution in [3.63, 3.8) is 0 Å². The number of esters is 2. The Morgan fingerprint density at radius 1 is 0.516 bits per heavy atom. The number of carbonyl (C=O) groups excluding carboxylic acids is 2. The molecule has 11 nitrogen and oxygen atoms in total. The van der Waals surface area contributed by atoms with Crippen LogP contribution >= 0.6 is 7.82 Å². The molecular weight excluding hydrogens is 806 g/mol. The average molecular weight is 884 g/mol. The molecule has 0 spiro atoms. The number of hydrogen-bond acceptors (Lipinski definition) is 9. The van der Waals surface area contributed by atoms with E-state index in [2.05, 4.69) is 122 Å². The van der Waals surface area contributed by atoms with Crippen molar-refractivity contribution in [1.82, 2.24) is 0 Å². The van der Waals surface area contributed by atoms with Gasteiger partial charge in [0.25, 0.3) is 0 Å². The van der Waals surface area contributed by atoms with Crippen LogP contribution in [0.3, 0.4) is 0 Å². The van der Waals surface area contributed by atoms with Crippen LogP contribution < -0.4 is 5.73 Å². The highest BCUT2D eigenvalue weighted by atomic mass is 31.2. The van der Waals surface area contributed by atoms with Gasteiger partial charge in [-0.3, -0.25) is 23.4 Å². The Morgan fingerprint density at radius 2 is 0.935 bits per heavy atom. The number of nitrogens with two attached hydrogens (primary N) is 1. The smallest absolute Gasteiger partial charge is 0.472 e. The SMILES string of the molecule is CC/C=C/C/C=C/C/C=C/C/C=C/C/C=C/C/C=C/CCC(=O)O[C@H](COC(=O)CCCCC/C=C/C/C=C/C/C=C/C/C=C/CCCCC)COP(=O)(O)OC[C@H](N)C(=O)O. The van der Waals surface area contributed by atoms with Gasteiger partial charge in [-0.1, -0.05) is 155 Å². The van der Waals surface area contributed by atoms with Crippen LogP contribution in [0.25, 0.3) is 0 Å². The van der Waals surface area contributed by atoms with Crippen molar-refractivity contribution in [3.8, 4) is 0 Å². The maximum Gasteiger partial charge on any atom is 0.472 e. The van der Waals surface area contributed by atoms with Crippen molar-refractivity contribution >= 4 is 25.7 Å². The topological polar surface area (TPSA) is 172 Å². The molecule has 0 aliphatic heterocycles. The van der Waals surface area contributed by atoms with E-state index in [1.54, 1.807) is 0 Å². The first kappa shape index (κ1) is 57.9. The van der Waals surface area contributed by atoms with Gasteiger partial charge in [0, 0.05) is 12.8 Å². The van der Waals surface area contributed by atoms with Crippen LogP contribution in [0.4, 0.5) is 0 Å². The van der Waals surface area contributed by atoms with Gasteiger partial charge in [0.15, 0.2) is 6.10 Å². The molecule has 348 valence electrons. The van der Waals surface area contributed by atoms with Crippen molar-refractivity contribution < 1.29 is 47.5 Å². The fourth-order valence-electron chi connectivity index (χ4n) is 5.19. The summed E-state index contributed by atoms with van der Waals surface area (Å²) in [7, 11) is -4.76. The van der Waals surface area contributed by atoms with E-state index >= 15 is 0 Å². The van der Waals surface area contributed by atoms with E-state index in [0.717, 1.165) is 70.6 Å². The summed E-state index contributed by atoms with van der Waals surface area (Å²) in [5, 5.41) is 8.90. The summed E-state index contributed by atoms with van der Waals surface area (Å²) in [5.74, 6) is -2.55. The lowest BCUT2D eigenvalue weighted by molar-refractivity contribution is -0.161. The third kappa shape index (κ3) is 42.6. The lowest BCUT2D eigenvalue weighted by Gasteiger charge is -2.20. The second kappa shape index (κ2) is 43.5. The molecule has 0 rings (SSSR count). The van der Waals surface area contributed by atoms with Crippen LogP contribution in [0.1, 0.15) is 142 Å². The highest BCUT2D eigenvalue weighted by Crippen LogP contribution is 2.43. The molecule has 0 heterocycles. The van der Waals surface area contributed by atoms with Crippen LogP contribution in [0, 0.1) is 0 Å². The average Bonchev–Trinajstić information content (AvgIpc) is 3.25. The van der Waals surface area contributed by atoms with Gasteiger partial charge in [0.1, 0.15) is 12.6 Å². The highest BCUT2D eigenvalue weighted by molar-refractivity contribution is 7.47. The van der Waals surface area contributed by atoms with E-state index in [9.17, 15) is 23.8 Å². The zero-order valence-corrected chi connectivity index (χ0v) is 38.5. The number of carboxylic acid groups (broad SMARTS) is 1. The third-order valence-electron chi connectivity index (χ3n) is 8.71. The molecule has 62 heavy (non-hydrogen) atoms. The molecule has 0 saturated heterocycles. The molecule has 4 N–H and O–H groups in total. The molecule has 1 unspecified atom stereocenters. The molecular formula is C50H78NO10P. The first-order valence-electron chi connectivity index (χ1n) is 22.6. The van der Waals surface area contributed by atoms with Crippen LogP contribution in [0.15, 0.2) is 122 Å². The zero-order valence-electron chi connectivity index (χ0n) is 37.7. The number of carboxylic acids is 1. The van der Waals surface area contributed by atoms with Crippen molar-refractivity contribution in [2.75, 3.05) is 19.8 Å². The fourth-order valence-corrected chi connectivity index (χ4v) is 5.97. The molecule has 0 bridgehead atoms. The zero-order chi connectivity index (χ0) is 45.6. The van der Waals surface area contributed by atoms with E-state index in [1.807, 2.05) is 18.2 Å². The second-order valence-corrected chi connectivity index (χ2v) is 15.9. The maximum atomic E-state index is 12.6. The van der Waals surface area contributed by atoms with Gasteiger partial charge in [-0.25, -0.2) is 4.57 Å². The van der Waals surface area contributed by atoms with Crippen molar-refractivity contribution in [3.05, 3.63) is 122 Å². The number of phosphoric ester groups is 1.